The molecule has 3 N–H and O–H groups in total. The highest BCUT2D eigenvalue weighted by Gasteiger charge is 2.08. The lowest BCUT2D eigenvalue weighted by atomic mass is 10.2. The van der Waals surface area contributed by atoms with Gasteiger partial charge in [-0.3, -0.25) is 4.79 Å². The molecule has 0 aliphatic rings. The summed E-state index contributed by atoms with van der Waals surface area (Å²) in [4.78, 5) is 12.9. The molecule has 5 nitrogen and oxygen atoms in total. The summed E-state index contributed by atoms with van der Waals surface area (Å²) in [5.41, 5.74) is 2.53. The topological polar surface area (TPSA) is 62.4 Å². The maximum atomic E-state index is 12.4. The number of amides is 1. The van der Waals surface area contributed by atoms with Crippen LogP contribution in [0.3, 0.4) is 0 Å². The highest BCUT2D eigenvalue weighted by molar-refractivity contribution is 7.99. The van der Waals surface area contributed by atoms with E-state index >= 15 is 0 Å². The zero-order valence-electron chi connectivity index (χ0n) is 16.4. The lowest BCUT2D eigenvalue weighted by molar-refractivity contribution is 0.102. The summed E-state index contributed by atoms with van der Waals surface area (Å²) in [6.45, 7) is 0. The van der Waals surface area contributed by atoms with E-state index in [0.29, 0.717) is 50.1 Å². The smallest absolute Gasteiger partial charge is 0.288 e. The first-order valence-corrected chi connectivity index (χ1v) is 10.4. The summed E-state index contributed by atoms with van der Waals surface area (Å²) >= 11 is 5.76. The first-order chi connectivity index (χ1) is 14.9. The number of benzene rings is 3. The molecule has 3 aromatic carbocycles. The fourth-order valence-corrected chi connectivity index (χ4v) is 3.33. The van der Waals surface area contributed by atoms with Gasteiger partial charge in [-0.15, -0.1) is 0 Å². The van der Waals surface area contributed by atoms with Crippen molar-refractivity contribution in [3.63, 3.8) is 0 Å². The van der Waals surface area contributed by atoms with Crippen molar-refractivity contribution in [3.05, 3.63) is 78.4 Å². The molecule has 0 spiro atoms. The first kappa shape index (κ1) is 22.5. The molecule has 1 amide bonds. The van der Waals surface area contributed by atoms with Crippen molar-refractivity contribution in [3.8, 4) is 5.75 Å². The van der Waals surface area contributed by atoms with Crippen LogP contribution in [0, 0.1) is 0 Å². The Labute approximate surface area is 188 Å². The second kappa shape index (κ2) is 10.7. The highest BCUT2D eigenvalue weighted by atomic mass is 32.2. The number of hydrogen-bond acceptors (Lipinski definition) is 4. The summed E-state index contributed by atoms with van der Waals surface area (Å²) in [6, 6.07) is 20.4. The summed E-state index contributed by atoms with van der Waals surface area (Å²) in [5.74, 6) is -1.98. The van der Waals surface area contributed by atoms with Crippen LogP contribution in [-0.2, 0) is 0 Å². The Hall–Kier alpha value is -3.17. The fraction of sp³-hybridized carbons (Fsp3) is 0.0909. The number of rotatable bonds is 7. The van der Waals surface area contributed by atoms with Gasteiger partial charge >= 0.3 is 0 Å². The fourth-order valence-electron chi connectivity index (χ4n) is 2.60. The Morgan fingerprint density at radius 1 is 0.839 bits per heavy atom. The van der Waals surface area contributed by atoms with Crippen molar-refractivity contribution in [1.82, 2.24) is 0 Å². The molecule has 0 aliphatic carbocycles. The third-order valence-corrected chi connectivity index (χ3v) is 5.02. The number of thioether (sulfide) groups is 1. The number of methoxy groups -OCH3 is 1. The molecular weight excluding hydrogens is 440 g/mol. The number of carbonyl (C=O) groups is 1. The molecule has 0 unspecified atom stereocenters. The van der Waals surface area contributed by atoms with E-state index in [0.717, 1.165) is 0 Å². The van der Waals surface area contributed by atoms with E-state index in [1.165, 1.54) is 0 Å². The summed E-state index contributed by atoms with van der Waals surface area (Å²) in [5, 5.41) is 9.15. The van der Waals surface area contributed by atoms with Crippen LogP contribution in [0.2, 0.25) is 0 Å². The van der Waals surface area contributed by atoms with E-state index in [1.807, 2.05) is 0 Å². The normalized spacial score (nSPS) is 10.5. The SMILES string of the molecule is COc1ccc(NC(=O)c2ccc(NC(=S)Nc3ccc(SC(F)F)cc3)cc2)cc1. The number of halogens is 2. The molecule has 0 fully saturated rings. The van der Waals surface area contributed by atoms with E-state index < -0.39 is 5.76 Å². The molecule has 3 rings (SSSR count). The van der Waals surface area contributed by atoms with Gasteiger partial charge in [-0.25, -0.2) is 0 Å². The van der Waals surface area contributed by atoms with E-state index in [4.69, 9.17) is 17.0 Å². The van der Waals surface area contributed by atoms with Crippen LogP contribution in [-0.4, -0.2) is 23.9 Å². The van der Waals surface area contributed by atoms with E-state index in [1.54, 1.807) is 79.9 Å². The number of alkyl halides is 2. The van der Waals surface area contributed by atoms with Crippen LogP contribution in [0.15, 0.2) is 77.7 Å². The Morgan fingerprint density at radius 3 is 1.84 bits per heavy atom. The van der Waals surface area contributed by atoms with Crippen molar-refractivity contribution in [2.45, 2.75) is 10.7 Å². The zero-order valence-corrected chi connectivity index (χ0v) is 18.0. The van der Waals surface area contributed by atoms with E-state index in [9.17, 15) is 13.6 Å². The largest absolute Gasteiger partial charge is 0.497 e. The summed E-state index contributed by atoms with van der Waals surface area (Å²) in [7, 11) is 1.58. The van der Waals surface area contributed by atoms with Crippen molar-refractivity contribution >= 4 is 52.1 Å². The third kappa shape index (κ3) is 6.94. The van der Waals surface area contributed by atoms with Crippen LogP contribution in [0.5, 0.6) is 5.75 Å². The maximum absolute atomic E-state index is 12.4. The van der Waals surface area contributed by atoms with Gasteiger partial charge in [0, 0.05) is 27.5 Å². The van der Waals surface area contributed by atoms with Gasteiger partial charge in [-0.2, -0.15) is 8.78 Å². The van der Waals surface area contributed by atoms with Crippen molar-refractivity contribution < 1.29 is 18.3 Å². The number of carbonyl (C=O) groups excluding carboxylic acids is 1. The number of anilines is 3. The lowest BCUT2D eigenvalue weighted by Gasteiger charge is -2.12. The molecule has 0 heterocycles. The molecule has 9 heteroatoms. The lowest BCUT2D eigenvalue weighted by Crippen LogP contribution is -2.19. The molecule has 0 atom stereocenters. The Bertz CT molecular complexity index is 1030. The minimum absolute atomic E-state index is 0.237. The third-order valence-electron chi connectivity index (χ3n) is 4.09. The van der Waals surface area contributed by atoms with Crippen LogP contribution in [0.25, 0.3) is 0 Å². The number of hydrogen-bond donors (Lipinski definition) is 3. The van der Waals surface area contributed by atoms with Gasteiger partial charge in [0.2, 0.25) is 0 Å². The average Bonchev–Trinajstić information content (AvgIpc) is 2.76. The van der Waals surface area contributed by atoms with Gasteiger partial charge in [-0.05, 0) is 85.0 Å². The second-order valence-electron chi connectivity index (χ2n) is 6.24. The van der Waals surface area contributed by atoms with Gasteiger partial charge in [0.05, 0.1) is 7.11 Å². The molecule has 0 aliphatic heterocycles. The van der Waals surface area contributed by atoms with Gasteiger partial charge in [-0.1, -0.05) is 11.8 Å². The molecule has 0 saturated heterocycles. The molecule has 3 aromatic rings. The Morgan fingerprint density at radius 2 is 1.32 bits per heavy atom. The van der Waals surface area contributed by atoms with Gasteiger partial charge in [0.15, 0.2) is 5.11 Å². The minimum Gasteiger partial charge on any atom is -0.497 e. The van der Waals surface area contributed by atoms with Gasteiger partial charge < -0.3 is 20.7 Å². The van der Waals surface area contributed by atoms with Crippen molar-refractivity contribution in [1.29, 1.82) is 0 Å². The highest BCUT2D eigenvalue weighted by Crippen LogP contribution is 2.26. The molecule has 31 heavy (non-hydrogen) atoms. The molecule has 0 aromatic heterocycles. The molecule has 0 radical (unpaired) electrons. The average molecular weight is 460 g/mol. The quantitative estimate of drug-likeness (QED) is 0.294. The molecular formula is C22H19F2N3O2S2. The zero-order chi connectivity index (χ0) is 22.2. The van der Waals surface area contributed by atoms with Gasteiger partial charge in [0.1, 0.15) is 5.75 Å². The Balaban J connectivity index is 1.53. The van der Waals surface area contributed by atoms with Gasteiger partial charge in [0.25, 0.3) is 11.7 Å². The van der Waals surface area contributed by atoms with E-state index in [2.05, 4.69) is 16.0 Å². The molecule has 0 saturated carbocycles. The van der Waals surface area contributed by atoms with Crippen LogP contribution >= 0.6 is 24.0 Å². The number of ether oxygens (including phenoxy) is 1. The van der Waals surface area contributed by atoms with Crippen molar-refractivity contribution in [2.24, 2.45) is 0 Å². The maximum Gasteiger partial charge on any atom is 0.288 e. The first-order valence-electron chi connectivity index (χ1n) is 9.11. The predicted molar refractivity (Wildman–Crippen MR) is 126 cm³/mol. The predicted octanol–water partition coefficient (Wildman–Crippen LogP) is 6.07. The number of thiocarbonyl (C=S) groups is 1. The van der Waals surface area contributed by atoms with Crippen molar-refractivity contribution in [2.75, 3.05) is 23.1 Å². The standard InChI is InChI=1S/C22H19F2N3O2S2/c1-29-18-10-6-15(7-11-18)25-20(28)14-2-4-16(5-3-14)26-22(30)27-17-8-12-19(13-9-17)31-21(23)24/h2-13,21H,1H3,(H,25,28)(H2,26,27,30). The Kier molecular flexibility index (Phi) is 7.80. The molecule has 0 bridgehead atoms. The molecule has 160 valence electrons. The summed E-state index contributed by atoms with van der Waals surface area (Å²) in [6.07, 6.45) is 0. The second-order valence-corrected chi connectivity index (χ2v) is 7.71. The number of nitrogens with one attached hydrogen (secondary N) is 3. The monoisotopic (exact) mass is 459 g/mol. The van der Waals surface area contributed by atoms with E-state index in [-0.39, 0.29) is 5.91 Å². The minimum atomic E-state index is -2.46. The van der Waals surface area contributed by atoms with Crippen LogP contribution in [0.4, 0.5) is 25.8 Å². The summed E-state index contributed by atoms with van der Waals surface area (Å²) < 4.78 is 29.8. The van der Waals surface area contributed by atoms with Crippen LogP contribution < -0.4 is 20.7 Å². The van der Waals surface area contributed by atoms with Crippen LogP contribution in [0.1, 0.15) is 10.4 Å².